The Bertz CT molecular complexity index is 593. The number of nitriles is 1. The number of ether oxygens (including phenoxy) is 1. The van der Waals surface area contributed by atoms with E-state index in [4.69, 9.17) is 10.00 Å². The number of rotatable bonds is 2. The molecular weight excluding hydrogens is 221 g/mol. The van der Waals surface area contributed by atoms with Crippen LogP contribution in [0.25, 0.3) is 0 Å². The predicted molar refractivity (Wildman–Crippen MR) is 58.0 cm³/mol. The molecule has 5 heteroatoms. The van der Waals surface area contributed by atoms with Crippen LogP contribution in [-0.4, -0.2) is 9.97 Å². The van der Waals surface area contributed by atoms with Gasteiger partial charge in [0, 0.05) is 12.1 Å². The Morgan fingerprint density at radius 2 is 2.12 bits per heavy atom. The van der Waals surface area contributed by atoms with Crippen molar-refractivity contribution in [2.75, 3.05) is 0 Å². The third kappa shape index (κ3) is 2.75. The van der Waals surface area contributed by atoms with Gasteiger partial charge in [0.15, 0.2) is 0 Å². The fourth-order valence-corrected chi connectivity index (χ4v) is 1.30. The Kier molecular flexibility index (Phi) is 2.97. The van der Waals surface area contributed by atoms with Crippen molar-refractivity contribution >= 4 is 0 Å². The van der Waals surface area contributed by atoms with E-state index >= 15 is 0 Å². The molecule has 0 saturated heterocycles. The van der Waals surface area contributed by atoms with E-state index in [1.165, 1.54) is 24.3 Å². The number of hydrogen-bond donors (Lipinski definition) is 0. The van der Waals surface area contributed by atoms with Crippen molar-refractivity contribution in [2.24, 2.45) is 0 Å². The molecule has 0 spiro atoms. The van der Waals surface area contributed by atoms with E-state index in [9.17, 15) is 4.39 Å². The summed E-state index contributed by atoms with van der Waals surface area (Å²) in [6, 6.07) is 8.99. The van der Waals surface area contributed by atoms with Crippen LogP contribution in [0.2, 0.25) is 0 Å². The molecule has 0 radical (unpaired) electrons. The first-order chi connectivity index (χ1) is 8.17. The zero-order valence-electron chi connectivity index (χ0n) is 9.01. The lowest BCUT2D eigenvalue weighted by atomic mass is 10.3. The van der Waals surface area contributed by atoms with Crippen molar-refractivity contribution in [1.29, 1.82) is 5.26 Å². The lowest BCUT2D eigenvalue weighted by Gasteiger charge is -2.05. The molecule has 0 aliphatic rings. The van der Waals surface area contributed by atoms with Gasteiger partial charge in [-0.25, -0.2) is 9.37 Å². The number of nitrogens with zero attached hydrogens (tertiary/aromatic N) is 3. The summed E-state index contributed by atoms with van der Waals surface area (Å²) in [5.74, 6) is 0.580. The van der Waals surface area contributed by atoms with Gasteiger partial charge < -0.3 is 4.74 Å². The molecule has 0 N–H and O–H groups in total. The molecule has 84 valence electrons. The fraction of sp³-hybridized carbons (Fsp3) is 0.0833. The van der Waals surface area contributed by atoms with Crippen LogP contribution in [0.15, 0.2) is 30.3 Å². The minimum Gasteiger partial charge on any atom is -0.439 e. The van der Waals surface area contributed by atoms with Crippen molar-refractivity contribution in [3.63, 3.8) is 0 Å². The van der Waals surface area contributed by atoms with Gasteiger partial charge in [0.25, 0.3) is 0 Å². The molecule has 0 fully saturated rings. The maximum atomic E-state index is 12.9. The highest BCUT2D eigenvalue weighted by atomic mass is 19.1. The number of hydrogen-bond acceptors (Lipinski definition) is 4. The summed E-state index contributed by atoms with van der Waals surface area (Å²) in [6.07, 6.45) is 0. The van der Waals surface area contributed by atoms with E-state index in [1.807, 2.05) is 6.07 Å². The summed E-state index contributed by atoms with van der Waals surface area (Å²) >= 11 is 0. The zero-order chi connectivity index (χ0) is 12.3. The molecular formula is C12H8FN3O. The van der Waals surface area contributed by atoms with Crippen LogP contribution in [0.1, 0.15) is 11.5 Å². The molecule has 1 aromatic heterocycles. The Labute approximate surface area is 97.3 Å². The molecule has 1 heterocycles. The van der Waals surface area contributed by atoms with Gasteiger partial charge in [-0.1, -0.05) is 6.07 Å². The average molecular weight is 229 g/mol. The van der Waals surface area contributed by atoms with Crippen LogP contribution in [0, 0.1) is 24.1 Å². The lowest BCUT2D eigenvalue weighted by Crippen LogP contribution is -1.95. The summed E-state index contributed by atoms with van der Waals surface area (Å²) in [5.41, 5.74) is 0.212. The minimum absolute atomic E-state index is 0.212. The molecule has 0 amide bonds. The van der Waals surface area contributed by atoms with Crippen LogP contribution in [0.4, 0.5) is 4.39 Å². The number of aromatic nitrogens is 2. The van der Waals surface area contributed by atoms with E-state index in [2.05, 4.69) is 9.97 Å². The van der Waals surface area contributed by atoms with Crippen molar-refractivity contribution in [2.45, 2.75) is 6.92 Å². The molecule has 0 aliphatic carbocycles. The summed E-state index contributed by atoms with van der Waals surface area (Å²) in [5, 5.41) is 8.74. The van der Waals surface area contributed by atoms with Gasteiger partial charge in [0.2, 0.25) is 5.88 Å². The zero-order valence-corrected chi connectivity index (χ0v) is 9.01. The van der Waals surface area contributed by atoms with Gasteiger partial charge in [0.1, 0.15) is 29.2 Å². The normalized spacial score (nSPS) is 9.71. The second kappa shape index (κ2) is 4.58. The monoisotopic (exact) mass is 229 g/mol. The van der Waals surface area contributed by atoms with Crippen molar-refractivity contribution in [1.82, 2.24) is 9.97 Å². The smallest absolute Gasteiger partial charge is 0.223 e. The average Bonchev–Trinajstić information content (AvgIpc) is 2.28. The van der Waals surface area contributed by atoms with Gasteiger partial charge in [-0.2, -0.15) is 10.2 Å². The van der Waals surface area contributed by atoms with Gasteiger partial charge in [-0.15, -0.1) is 0 Å². The van der Waals surface area contributed by atoms with E-state index < -0.39 is 5.82 Å². The molecule has 17 heavy (non-hydrogen) atoms. The van der Waals surface area contributed by atoms with Crippen LogP contribution in [-0.2, 0) is 0 Å². The molecule has 2 rings (SSSR count). The van der Waals surface area contributed by atoms with Gasteiger partial charge in [0.05, 0.1) is 0 Å². The second-order valence-electron chi connectivity index (χ2n) is 3.31. The summed E-state index contributed by atoms with van der Waals surface area (Å²) < 4.78 is 18.3. The standard InChI is InChI=1S/C12H8FN3O/c1-8-15-10(7-14)6-12(16-8)17-11-4-2-3-9(13)5-11/h2-6H,1H3. The number of aryl methyl sites for hydroxylation is 1. The second-order valence-corrected chi connectivity index (χ2v) is 3.31. The third-order valence-electron chi connectivity index (χ3n) is 1.95. The first kappa shape index (κ1) is 11.0. The summed E-state index contributed by atoms with van der Waals surface area (Å²) in [6.45, 7) is 1.65. The Hall–Kier alpha value is -2.48. The first-order valence-corrected chi connectivity index (χ1v) is 4.86. The molecule has 1 aromatic carbocycles. The molecule has 4 nitrogen and oxygen atoms in total. The van der Waals surface area contributed by atoms with Gasteiger partial charge in [-0.05, 0) is 19.1 Å². The first-order valence-electron chi connectivity index (χ1n) is 4.86. The van der Waals surface area contributed by atoms with Crippen molar-refractivity contribution in [3.8, 4) is 17.7 Å². The fourth-order valence-electron chi connectivity index (χ4n) is 1.30. The molecule has 0 saturated carbocycles. The highest BCUT2D eigenvalue weighted by molar-refractivity contribution is 5.31. The topological polar surface area (TPSA) is 58.8 Å². The van der Waals surface area contributed by atoms with Crippen molar-refractivity contribution in [3.05, 3.63) is 47.7 Å². The highest BCUT2D eigenvalue weighted by Gasteiger charge is 2.04. The predicted octanol–water partition coefficient (Wildman–Crippen LogP) is 2.59. The third-order valence-corrected chi connectivity index (χ3v) is 1.95. The number of benzene rings is 1. The Balaban J connectivity index is 2.30. The quantitative estimate of drug-likeness (QED) is 0.794. The SMILES string of the molecule is Cc1nc(C#N)cc(Oc2cccc(F)c2)n1. The van der Waals surface area contributed by atoms with E-state index in [-0.39, 0.29) is 11.6 Å². The molecule has 0 unspecified atom stereocenters. The Morgan fingerprint density at radius 1 is 1.29 bits per heavy atom. The van der Waals surface area contributed by atoms with E-state index in [0.717, 1.165) is 0 Å². The summed E-state index contributed by atoms with van der Waals surface area (Å²) in [7, 11) is 0. The van der Waals surface area contributed by atoms with Crippen molar-refractivity contribution < 1.29 is 9.13 Å². The maximum absolute atomic E-state index is 12.9. The molecule has 0 aliphatic heterocycles. The van der Waals surface area contributed by atoms with Crippen LogP contribution in [0.3, 0.4) is 0 Å². The van der Waals surface area contributed by atoms with Gasteiger partial charge in [-0.3, -0.25) is 0 Å². The Morgan fingerprint density at radius 3 is 2.82 bits per heavy atom. The van der Waals surface area contributed by atoms with E-state index in [0.29, 0.717) is 11.6 Å². The lowest BCUT2D eigenvalue weighted by molar-refractivity contribution is 0.455. The van der Waals surface area contributed by atoms with Crippen LogP contribution < -0.4 is 4.74 Å². The highest BCUT2D eigenvalue weighted by Crippen LogP contribution is 2.20. The van der Waals surface area contributed by atoms with E-state index in [1.54, 1.807) is 13.0 Å². The molecule has 2 aromatic rings. The van der Waals surface area contributed by atoms with Crippen LogP contribution >= 0.6 is 0 Å². The minimum atomic E-state index is -0.395. The van der Waals surface area contributed by atoms with Crippen LogP contribution in [0.5, 0.6) is 11.6 Å². The maximum Gasteiger partial charge on any atom is 0.223 e. The molecule has 0 bridgehead atoms. The summed E-state index contributed by atoms with van der Waals surface area (Å²) in [4.78, 5) is 7.89. The largest absolute Gasteiger partial charge is 0.439 e. The molecule has 0 atom stereocenters. The van der Waals surface area contributed by atoms with Gasteiger partial charge >= 0.3 is 0 Å². The number of halogens is 1.